The largest absolute Gasteiger partial charge is 0.493 e. The number of halogens is 1. The second-order valence-corrected chi connectivity index (χ2v) is 5.28. The first-order valence-electron chi connectivity index (χ1n) is 7.39. The molecule has 0 aromatic heterocycles. The van der Waals surface area contributed by atoms with Crippen LogP contribution in [0.3, 0.4) is 0 Å². The van der Waals surface area contributed by atoms with Crippen LogP contribution >= 0.6 is 11.6 Å². The molecule has 1 aromatic carbocycles. The molecule has 1 N–H and O–H groups in total. The lowest BCUT2D eigenvalue weighted by molar-refractivity contribution is -0.124. The van der Waals surface area contributed by atoms with Gasteiger partial charge in [0.1, 0.15) is 0 Å². The summed E-state index contributed by atoms with van der Waals surface area (Å²) in [6.45, 7) is 5.70. The first-order valence-corrected chi connectivity index (χ1v) is 7.77. The van der Waals surface area contributed by atoms with Crippen LogP contribution in [0.25, 0.3) is 0 Å². The molecule has 1 amide bonds. The predicted molar refractivity (Wildman–Crippen MR) is 87.4 cm³/mol. The summed E-state index contributed by atoms with van der Waals surface area (Å²) >= 11 is 6.09. The number of esters is 1. The Morgan fingerprint density at radius 2 is 2.00 bits per heavy atom. The van der Waals surface area contributed by atoms with Gasteiger partial charge in [-0.25, -0.2) is 4.79 Å². The highest BCUT2D eigenvalue weighted by atomic mass is 35.5. The molecule has 0 fully saturated rings. The van der Waals surface area contributed by atoms with Crippen LogP contribution in [0.2, 0.25) is 5.02 Å². The first kappa shape index (κ1) is 19.1. The van der Waals surface area contributed by atoms with Gasteiger partial charge >= 0.3 is 5.97 Å². The number of amides is 1. The van der Waals surface area contributed by atoms with Crippen molar-refractivity contribution in [2.75, 3.05) is 20.3 Å². The van der Waals surface area contributed by atoms with Crippen LogP contribution in [0.5, 0.6) is 11.5 Å². The Morgan fingerprint density at radius 1 is 1.30 bits per heavy atom. The van der Waals surface area contributed by atoms with Gasteiger partial charge in [0.15, 0.2) is 18.1 Å². The van der Waals surface area contributed by atoms with Gasteiger partial charge in [-0.3, -0.25) is 4.79 Å². The summed E-state index contributed by atoms with van der Waals surface area (Å²) in [4.78, 5) is 23.7. The SMILES string of the molecule is CCOc1c(Cl)cc(C(=O)OCC(=O)N[C@@H](C)CC)cc1OC. The van der Waals surface area contributed by atoms with Crippen LogP contribution in [-0.4, -0.2) is 38.2 Å². The minimum Gasteiger partial charge on any atom is -0.493 e. The van der Waals surface area contributed by atoms with Gasteiger partial charge in [0.05, 0.1) is 24.3 Å². The third kappa shape index (κ3) is 5.63. The minimum absolute atomic E-state index is 0.0289. The fourth-order valence-corrected chi connectivity index (χ4v) is 2.02. The quantitative estimate of drug-likeness (QED) is 0.735. The molecule has 0 spiro atoms. The maximum atomic E-state index is 12.0. The average Bonchev–Trinajstić information content (AvgIpc) is 2.54. The molecule has 0 radical (unpaired) electrons. The van der Waals surface area contributed by atoms with Crippen molar-refractivity contribution in [3.63, 3.8) is 0 Å². The van der Waals surface area contributed by atoms with Crippen molar-refractivity contribution in [1.29, 1.82) is 0 Å². The van der Waals surface area contributed by atoms with Crippen molar-refractivity contribution in [3.05, 3.63) is 22.7 Å². The summed E-state index contributed by atoms with van der Waals surface area (Å²) in [5, 5.41) is 2.95. The molecule has 0 heterocycles. The number of hydrogen-bond donors (Lipinski definition) is 1. The lowest BCUT2D eigenvalue weighted by Crippen LogP contribution is -2.35. The van der Waals surface area contributed by atoms with Gasteiger partial charge in [0, 0.05) is 6.04 Å². The van der Waals surface area contributed by atoms with Gasteiger partial charge in [0.2, 0.25) is 0 Å². The second kappa shape index (κ2) is 9.25. The van der Waals surface area contributed by atoms with Crippen LogP contribution in [0.1, 0.15) is 37.6 Å². The van der Waals surface area contributed by atoms with E-state index in [1.54, 1.807) is 0 Å². The molecule has 0 unspecified atom stereocenters. The normalized spacial score (nSPS) is 11.5. The van der Waals surface area contributed by atoms with E-state index >= 15 is 0 Å². The molecule has 0 saturated carbocycles. The minimum atomic E-state index is -0.660. The molecule has 1 aromatic rings. The molecule has 1 rings (SSSR count). The summed E-state index contributed by atoms with van der Waals surface area (Å²) in [5.41, 5.74) is 0.187. The van der Waals surface area contributed by atoms with E-state index in [0.29, 0.717) is 18.1 Å². The molecule has 23 heavy (non-hydrogen) atoms. The zero-order chi connectivity index (χ0) is 17.4. The number of benzene rings is 1. The lowest BCUT2D eigenvalue weighted by Gasteiger charge is -2.13. The standard InChI is InChI=1S/C16H22ClNO5/c1-5-10(3)18-14(19)9-23-16(20)11-7-12(17)15(22-6-2)13(8-11)21-4/h7-8,10H,5-6,9H2,1-4H3,(H,18,19)/t10-/m0/s1. The smallest absolute Gasteiger partial charge is 0.338 e. The maximum absolute atomic E-state index is 12.0. The topological polar surface area (TPSA) is 73.9 Å². The summed E-state index contributed by atoms with van der Waals surface area (Å²) in [7, 11) is 1.45. The Hall–Kier alpha value is -1.95. The van der Waals surface area contributed by atoms with Crippen molar-refractivity contribution in [2.24, 2.45) is 0 Å². The van der Waals surface area contributed by atoms with Crippen molar-refractivity contribution in [1.82, 2.24) is 5.32 Å². The number of ether oxygens (including phenoxy) is 3. The molecule has 1 atom stereocenters. The average molecular weight is 344 g/mol. The molecule has 128 valence electrons. The molecule has 7 heteroatoms. The number of methoxy groups -OCH3 is 1. The van der Waals surface area contributed by atoms with E-state index in [-0.39, 0.29) is 29.1 Å². The van der Waals surface area contributed by atoms with Crippen LogP contribution in [0.15, 0.2) is 12.1 Å². The Bertz CT molecular complexity index is 562. The molecule has 0 aliphatic carbocycles. The lowest BCUT2D eigenvalue weighted by atomic mass is 10.2. The molecular weight excluding hydrogens is 322 g/mol. The monoisotopic (exact) mass is 343 g/mol. The van der Waals surface area contributed by atoms with E-state index in [1.165, 1.54) is 19.2 Å². The van der Waals surface area contributed by atoms with Crippen LogP contribution in [0.4, 0.5) is 0 Å². The van der Waals surface area contributed by atoms with Gasteiger partial charge in [-0.05, 0) is 32.4 Å². The molecule has 0 saturated heterocycles. The Morgan fingerprint density at radius 3 is 2.57 bits per heavy atom. The van der Waals surface area contributed by atoms with E-state index in [1.807, 2.05) is 20.8 Å². The molecule has 0 aliphatic rings. The highest BCUT2D eigenvalue weighted by Crippen LogP contribution is 2.36. The molecule has 6 nitrogen and oxygen atoms in total. The first-order chi connectivity index (χ1) is 10.9. The fraction of sp³-hybridized carbons (Fsp3) is 0.500. The van der Waals surface area contributed by atoms with Crippen LogP contribution in [-0.2, 0) is 9.53 Å². The van der Waals surface area contributed by atoms with Gasteiger partial charge in [0.25, 0.3) is 5.91 Å². The summed E-state index contributed by atoms with van der Waals surface area (Å²) in [6, 6.07) is 2.91. The van der Waals surface area contributed by atoms with Gasteiger partial charge in [-0.1, -0.05) is 18.5 Å². The number of nitrogens with one attached hydrogen (secondary N) is 1. The van der Waals surface area contributed by atoms with Gasteiger partial charge in [-0.2, -0.15) is 0 Å². The van der Waals surface area contributed by atoms with Crippen molar-refractivity contribution in [3.8, 4) is 11.5 Å². The number of hydrogen-bond acceptors (Lipinski definition) is 5. The summed E-state index contributed by atoms with van der Waals surface area (Å²) in [6.07, 6.45) is 0.797. The predicted octanol–water partition coefficient (Wildman–Crippen LogP) is 2.82. The molecule has 0 aliphatic heterocycles. The third-order valence-electron chi connectivity index (χ3n) is 3.11. The Balaban J connectivity index is 2.77. The van der Waals surface area contributed by atoms with Crippen LogP contribution in [0, 0.1) is 0 Å². The van der Waals surface area contributed by atoms with Crippen molar-refractivity contribution >= 4 is 23.5 Å². The number of carbonyl (C=O) groups is 2. The summed E-state index contributed by atoms with van der Waals surface area (Å²) < 4.78 is 15.5. The molecular formula is C16H22ClNO5. The van der Waals surface area contributed by atoms with Gasteiger partial charge in [-0.15, -0.1) is 0 Å². The number of rotatable bonds is 8. The highest BCUT2D eigenvalue weighted by molar-refractivity contribution is 6.32. The Labute approximate surface area is 141 Å². The summed E-state index contributed by atoms with van der Waals surface area (Å²) in [5.74, 6) is -0.317. The third-order valence-corrected chi connectivity index (χ3v) is 3.39. The van der Waals surface area contributed by atoms with Crippen LogP contribution < -0.4 is 14.8 Å². The van der Waals surface area contributed by atoms with Gasteiger partial charge < -0.3 is 19.5 Å². The maximum Gasteiger partial charge on any atom is 0.338 e. The van der Waals surface area contributed by atoms with E-state index < -0.39 is 5.97 Å². The highest BCUT2D eigenvalue weighted by Gasteiger charge is 2.17. The second-order valence-electron chi connectivity index (χ2n) is 4.88. The zero-order valence-corrected chi connectivity index (χ0v) is 14.5. The van der Waals surface area contributed by atoms with Crippen molar-refractivity contribution in [2.45, 2.75) is 33.2 Å². The van der Waals surface area contributed by atoms with Crippen molar-refractivity contribution < 1.29 is 23.8 Å². The van der Waals surface area contributed by atoms with E-state index in [4.69, 9.17) is 25.8 Å². The number of carbonyl (C=O) groups excluding carboxylic acids is 2. The van der Waals surface area contributed by atoms with E-state index in [9.17, 15) is 9.59 Å². The van der Waals surface area contributed by atoms with E-state index in [2.05, 4.69) is 5.32 Å². The fourth-order valence-electron chi connectivity index (χ4n) is 1.76. The Kier molecular flexibility index (Phi) is 7.68. The molecule has 0 bridgehead atoms. The van der Waals surface area contributed by atoms with E-state index in [0.717, 1.165) is 6.42 Å². The zero-order valence-electron chi connectivity index (χ0n) is 13.8.